The number of hydrogen-bond donors (Lipinski definition) is 1. The zero-order valence-corrected chi connectivity index (χ0v) is 12.0. The summed E-state index contributed by atoms with van der Waals surface area (Å²) in [4.78, 5) is 4.39. The lowest BCUT2D eigenvalue weighted by Gasteiger charge is -2.12. The topological polar surface area (TPSA) is 43.4 Å². The summed E-state index contributed by atoms with van der Waals surface area (Å²) in [6.45, 7) is 0. The molecule has 1 N–H and O–H groups in total. The molecule has 0 aliphatic carbocycles. The summed E-state index contributed by atoms with van der Waals surface area (Å²) in [6, 6.07) is 15.8. The molecule has 1 heterocycles. The first-order valence-electron chi connectivity index (χ1n) is 6.64. The van der Waals surface area contributed by atoms with Crippen molar-refractivity contribution in [3.63, 3.8) is 0 Å². The fraction of sp³-hybridized carbons (Fsp3) is 0.118. The summed E-state index contributed by atoms with van der Waals surface area (Å²) >= 11 is 0. The van der Waals surface area contributed by atoms with E-state index in [0.29, 0.717) is 11.5 Å². The van der Waals surface area contributed by atoms with E-state index in [0.717, 1.165) is 22.3 Å². The number of hydrogen-bond acceptors (Lipinski definition) is 4. The van der Waals surface area contributed by atoms with Gasteiger partial charge in [0.1, 0.15) is 0 Å². The van der Waals surface area contributed by atoms with Crippen LogP contribution < -0.4 is 14.8 Å². The molecule has 0 bridgehead atoms. The molecular weight excluding hydrogens is 264 g/mol. The van der Waals surface area contributed by atoms with Crippen LogP contribution in [-0.4, -0.2) is 19.2 Å². The van der Waals surface area contributed by atoms with E-state index >= 15 is 0 Å². The quantitative estimate of drug-likeness (QED) is 0.784. The van der Waals surface area contributed by atoms with Crippen molar-refractivity contribution in [2.24, 2.45) is 0 Å². The summed E-state index contributed by atoms with van der Waals surface area (Å²) < 4.78 is 10.7. The normalized spacial score (nSPS) is 10.4. The molecule has 3 rings (SSSR count). The third-order valence-electron chi connectivity index (χ3n) is 3.30. The Kier molecular flexibility index (Phi) is 3.60. The fourth-order valence-corrected chi connectivity index (χ4v) is 2.26. The van der Waals surface area contributed by atoms with Crippen molar-refractivity contribution in [1.82, 2.24) is 4.98 Å². The highest BCUT2D eigenvalue weighted by atomic mass is 16.5. The van der Waals surface area contributed by atoms with Crippen LogP contribution in [-0.2, 0) is 0 Å². The molecule has 106 valence electrons. The van der Waals surface area contributed by atoms with Gasteiger partial charge in [0.25, 0.3) is 0 Å². The van der Waals surface area contributed by atoms with Crippen LogP contribution in [0.5, 0.6) is 11.5 Å². The summed E-state index contributed by atoms with van der Waals surface area (Å²) in [5, 5.41) is 4.38. The Bertz CT molecular complexity index is 757. The molecule has 0 atom stereocenters. The lowest BCUT2D eigenvalue weighted by atomic mass is 10.1. The Morgan fingerprint density at radius 1 is 0.905 bits per heavy atom. The van der Waals surface area contributed by atoms with E-state index in [9.17, 15) is 0 Å². The van der Waals surface area contributed by atoms with Crippen molar-refractivity contribution in [2.75, 3.05) is 19.5 Å². The maximum Gasteiger partial charge on any atom is 0.162 e. The first kappa shape index (κ1) is 13.2. The van der Waals surface area contributed by atoms with Gasteiger partial charge < -0.3 is 14.8 Å². The Morgan fingerprint density at radius 3 is 2.33 bits per heavy atom. The number of methoxy groups -OCH3 is 2. The summed E-state index contributed by atoms with van der Waals surface area (Å²) in [6.07, 6.45) is 1.78. The molecule has 0 fully saturated rings. The molecule has 0 unspecified atom stereocenters. The van der Waals surface area contributed by atoms with Crippen molar-refractivity contribution >= 4 is 22.3 Å². The molecule has 0 radical (unpaired) electrons. The van der Waals surface area contributed by atoms with Crippen LogP contribution >= 0.6 is 0 Å². The van der Waals surface area contributed by atoms with Crippen LogP contribution in [0.3, 0.4) is 0 Å². The van der Waals surface area contributed by atoms with Gasteiger partial charge in [0.15, 0.2) is 11.5 Å². The van der Waals surface area contributed by atoms with Crippen LogP contribution in [0.1, 0.15) is 0 Å². The lowest BCUT2D eigenvalue weighted by Crippen LogP contribution is -1.95. The van der Waals surface area contributed by atoms with Gasteiger partial charge in [0, 0.05) is 29.0 Å². The molecule has 0 aliphatic heterocycles. The zero-order chi connectivity index (χ0) is 14.7. The largest absolute Gasteiger partial charge is 0.493 e. The number of ether oxygens (including phenoxy) is 2. The van der Waals surface area contributed by atoms with Crippen molar-refractivity contribution < 1.29 is 9.47 Å². The second-order valence-corrected chi connectivity index (χ2v) is 4.57. The standard InChI is InChI=1S/C17H16N2O2/c1-20-16-10-13-14(19-12-6-4-3-5-7-12)8-9-18-15(13)11-17(16)21-2/h3-11H,1-2H3,(H,18,19). The highest BCUT2D eigenvalue weighted by molar-refractivity contribution is 5.95. The molecule has 0 amide bonds. The summed E-state index contributed by atoms with van der Waals surface area (Å²) in [5.74, 6) is 1.36. The zero-order valence-electron chi connectivity index (χ0n) is 12.0. The number of pyridine rings is 1. The van der Waals surface area contributed by atoms with Gasteiger partial charge in [-0.05, 0) is 24.3 Å². The maximum atomic E-state index is 5.37. The third-order valence-corrected chi connectivity index (χ3v) is 3.30. The number of anilines is 2. The number of nitrogens with one attached hydrogen (secondary N) is 1. The molecule has 0 saturated carbocycles. The van der Waals surface area contributed by atoms with Gasteiger partial charge in [-0.15, -0.1) is 0 Å². The fourth-order valence-electron chi connectivity index (χ4n) is 2.26. The van der Waals surface area contributed by atoms with Crippen molar-refractivity contribution in [1.29, 1.82) is 0 Å². The Morgan fingerprint density at radius 2 is 1.62 bits per heavy atom. The van der Waals surface area contributed by atoms with E-state index in [1.165, 1.54) is 0 Å². The van der Waals surface area contributed by atoms with E-state index in [1.54, 1.807) is 20.4 Å². The van der Waals surface area contributed by atoms with Gasteiger partial charge in [-0.25, -0.2) is 0 Å². The van der Waals surface area contributed by atoms with Crippen LogP contribution in [0.15, 0.2) is 54.7 Å². The van der Waals surface area contributed by atoms with Crippen LogP contribution in [0.2, 0.25) is 0 Å². The molecule has 4 nitrogen and oxygen atoms in total. The molecule has 0 spiro atoms. The van der Waals surface area contributed by atoms with Gasteiger partial charge in [-0.2, -0.15) is 0 Å². The predicted molar refractivity (Wildman–Crippen MR) is 84.6 cm³/mol. The molecule has 4 heteroatoms. The SMILES string of the molecule is COc1cc2nccc(Nc3ccccc3)c2cc1OC. The monoisotopic (exact) mass is 280 g/mol. The average Bonchev–Trinajstić information content (AvgIpc) is 2.55. The number of benzene rings is 2. The highest BCUT2D eigenvalue weighted by Crippen LogP contribution is 2.35. The smallest absolute Gasteiger partial charge is 0.162 e. The molecular formula is C17H16N2O2. The Balaban J connectivity index is 2.10. The van der Waals surface area contributed by atoms with Gasteiger partial charge in [0.05, 0.1) is 19.7 Å². The minimum absolute atomic E-state index is 0.675. The number of aromatic nitrogens is 1. The third kappa shape index (κ3) is 2.60. The van der Waals surface area contributed by atoms with Crippen molar-refractivity contribution in [3.05, 3.63) is 54.7 Å². The molecule has 21 heavy (non-hydrogen) atoms. The Labute approximate surface area is 123 Å². The maximum absolute atomic E-state index is 5.37. The summed E-state index contributed by atoms with van der Waals surface area (Å²) in [5.41, 5.74) is 2.86. The number of nitrogens with zero attached hydrogens (tertiary/aromatic N) is 1. The molecule has 2 aromatic carbocycles. The first-order valence-corrected chi connectivity index (χ1v) is 6.64. The molecule has 3 aromatic rings. The second-order valence-electron chi connectivity index (χ2n) is 4.57. The highest BCUT2D eigenvalue weighted by Gasteiger charge is 2.09. The van der Waals surface area contributed by atoms with E-state index in [-0.39, 0.29) is 0 Å². The van der Waals surface area contributed by atoms with Crippen molar-refractivity contribution in [3.8, 4) is 11.5 Å². The first-order chi connectivity index (χ1) is 10.3. The molecule has 0 aliphatic rings. The van der Waals surface area contributed by atoms with Crippen molar-refractivity contribution in [2.45, 2.75) is 0 Å². The van der Waals surface area contributed by atoms with Gasteiger partial charge in [-0.3, -0.25) is 4.98 Å². The van der Waals surface area contributed by atoms with Gasteiger partial charge in [-0.1, -0.05) is 18.2 Å². The lowest BCUT2D eigenvalue weighted by molar-refractivity contribution is 0.356. The van der Waals surface area contributed by atoms with E-state index in [1.807, 2.05) is 48.5 Å². The van der Waals surface area contributed by atoms with E-state index in [2.05, 4.69) is 10.3 Å². The van der Waals surface area contributed by atoms with Crippen LogP contribution in [0.4, 0.5) is 11.4 Å². The summed E-state index contributed by atoms with van der Waals surface area (Å²) in [7, 11) is 3.25. The number of fused-ring (bicyclic) bond motifs is 1. The average molecular weight is 280 g/mol. The van der Waals surface area contributed by atoms with Crippen LogP contribution in [0.25, 0.3) is 10.9 Å². The minimum Gasteiger partial charge on any atom is -0.493 e. The Hall–Kier alpha value is -2.75. The van der Waals surface area contributed by atoms with Gasteiger partial charge >= 0.3 is 0 Å². The molecule has 1 aromatic heterocycles. The predicted octanol–water partition coefficient (Wildman–Crippen LogP) is 4.00. The molecule has 0 saturated heterocycles. The second kappa shape index (κ2) is 5.71. The van der Waals surface area contributed by atoms with E-state index in [4.69, 9.17) is 9.47 Å². The van der Waals surface area contributed by atoms with Gasteiger partial charge in [0.2, 0.25) is 0 Å². The number of rotatable bonds is 4. The van der Waals surface area contributed by atoms with E-state index < -0.39 is 0 Å². The minimum atomic E-state index is 0.675. The number of para-hydroxylation sites is 1. The van der Waals surface area contributed by atoms with Crippen LogP contribution in [0, 0.1) is 0 Å².